The molecule has 1 aromatic carbocycles. The van der Waals surface area contributed by atoms with Gasteiger partial charge in [0.1, 0.15) is 5.75 Å². The summed E-state index contributed by atoms with van der Waals surface area (Å²) < 4.78 is 26.1. The molecule has 1 aromatic heterocycles. The third-order valence-electron chi connectivity index (χ3n) is 2.30. The number of rotatable bonds is 1. The van der Waals surface area contributed by atoms with Crippen LogP contribution in [0.2, 0.25) is 0 Å². The average Bonchev–Trinajstić information content (AvgIpc) is 2.36. The number of aromatic hydroxyl groups is 1. The van der Waals surface area contributed by atoms with Crippen molar-refractivity contribution in [2.75, 3.05) is 0 Å². The normalized spacial score (nSPS) is 10.1. The van der Waals surface area contributed by atoms with E-state index in [9.17, 15) is 13.9 Å². The highest BCUT2D eigenvalue weighted by atomic mass is 79.9. The number of phenols is 1. The van der Waals surface area contributed by atoms with E-state index < -0.39 is 11.8 Å². The van der Waals surface area contributed by atoms with Crippen LogP contribution in [0.3, 0.4) is 0 Å². The summed E-state index contributed by atoms with van der Waals surface area (Å²) in [6.45, 7) is 0. The van der Waals surface area contributed by atoms with E-state index in [4.69, 9.17) is 5.26 Å². The first kappa shape index (κ1) is 12.5. The van der Waals surface area contributed by atoms with Crippen LogP contribution in [-0.2, 0) is 0 Å². The number of hydrogen-bond donors (Lipinski definition) is 1. The molecular formula is C12H5BrF2N2O. The summed E-state index contributed by atoms with van der Waals surface area (Å²) in [5.41, 5.74) is 0.663. The Morgan fingerprint density at radius 3 is 2.61 bits per heavy atom. The molecule has 2 aromatic rings. The van der Waals surface area contributed by atoms with Crippen LogP contribution in [0, 0.1) is 23.1 Å². The Hall–Kier alpha value is -2.00. The van der Waals surface area contributed by atoms with Gasteiger partial charge >= 0.3 is 0 Å². The molecule has 0 fully saturated rings. The van der Waals surface area contributed by atoms with Gasteiger partial charge in [-0.05, 0) is 34.1 Å². The van der Waals surface area contributed by atoms with Gasteiger partial charge in [0.15, 0.2) is 5.82 Å². The molecule has 18 heavy (non-hydrogen) atoms. The zero-order valence-electron chi connectivity index (χ0n) is 8.78. The maximum atomic E-state index is 13.1. The van der Waals surface area contributed by atoms with Gasteiger partial charge in [0, 0.05) is 17.3 Å². The van der Waals surface area contributed by atoms with Crippen molar-refractivity contribution in [2.24, 2.45) is 0 Å². The van der Waals surface area contributed by atoms with E-state index in [2.05, 4.69) is 20.9 Å². The first-order valence-corrected chi connectivity index (χ1v) is 5.56. The maximum Gasteiger partial charge on any atom is 0.248 e. The first-order valence-electron chi connectivity index (χ1n) is 4.77. The van der Waals surface area contributed by atoms with Gasteiger partial charge in [0.05, 0.1) is 16.1 Å². The summed E-state index contributed by atoms with van der Waals surface area (Å²) in [5, 5.41) is 18.7. The topological polar surface area (TPSA) is 56.9 Å². The van der Waals surface area contributed by atoms with Crippen molar-refractivity contribution < 1.29 is 13.9 Å². The van der Waals surface area contributed by atoms with Crippen LogP contribution in [0.1, 0.15) is 5.56 Å². The Balaban J connectivity index is 2.67. The summed E-state index contributed by atoms with van der Waals surface area (Å²) in [4.78, 5) is 3.23. The number of halogens is 3. The molecule has 0 unspecified atom stereocenters. The first-order chi connectivity index (χ1) is 8.52. The molecule has 90 valence electrons. The minimum atomic E-state index is -1.21. The number of nitrogens with zero attached hydrogens (tertiary/aromatic N) is 2. The molecule has 0 bridgehead atoms. The Kier molecular flexibility index (Phi) is 3.26. The van der Waals surface area contributed by atoms with E-state index in [0.29, 0.717) is 4.47 Å². The molecule has 0 aliphatic carbocycles. The summed E-state index contributed by atoms with van der Waals surface area (Å²) in [6.07, 6.45) is 1.08. The molecule has 0 spiro atoms. The van der Waals surface area contributed by atoms with Gasteiger partial charge < -0.3 is 5.11 Å². The van der Waals surface area contributed by atoms with Gasteiger partial charge in [-0.1, -0.05) is 0 Å². The van der Waals surface area contributed by atoms with Crippen molar-refractivity contribution in [3.05, 3.63) is 46.2 Å². The Labute approximate surface area is 109 Å². The summed E-state index contributed by atoms with van der Waals surface area (Å²) >= 11 is 3.08. The monoisotopic (exact) mass is 310 g/mol. The quantitative estimate of drug-likeness (QED) is 0.822. The minimum Gasteiger partial charge on any atom is -0.506 e. The fourth-order valence-electron chi connectivity index (χ4n) is 1.45. The van der Waals surface area contributed by atoms with Gasteiger partial charge in [-0.25, -0.2) is 9.37 Å². The lowest BCUT2D eigenvalue weighted by molar-refractivity contribution is 0.472. The van der Waals surface area contributed by atoms with Crippen molar-refractivity contribution in [1.82, 2.24) is 4.98 Å². The minimum absolute atomic E-state index is 0.165. The third kappa shape index (κ3) is 2.17. The van der Waals surface area contributed by atoms with Crippen molar-refractivity contribution in [2.45, 2.75) is 0 Å². The highest BCUT2D eigenvalue weighted by Gasteiger charge is 2.13. The van der Waals surface area contributed by atoms with Gasteiger partial charge in [-0.2, -0.15) is 9.65 Å². The highest BCUT2D eigenvalue weighted by molar-refractivity contribution is 9.10. The number of aromatic nitrogens is 1. The van der Waals surface area contributed by atoms with Crippen molar-refractivity contribution >= 4 is 15.9 Å². The number of hydrogen-bond acceptors (Lipinski definition) is 3. The van der Waals surface area contributed by atoms with Gasteiger partial charge in [0.25, 0.3) is 0 Å². The van der Waals surface area contributed by atoms with Crippen LogP contribution in [-0.4, -0.2) is 10.1 Å². The number of pyridine rings is 1. The van der Waals surface area contributed by atoms with Crippen LogP contribution >= 0.6 is 15.9 Å². The molecule has 0 saturated carbocycles. The molecule has 0 aliphatic rings. The summed E-state index contributed by atoms with van der Waals surface area (Å²) in [5.74, 6) is -2.50. The fourth-order valence-corrected chi connectivity index (χ4v) is 1.91. The van der Waals surface area contributed by atoms with Gasteiger partial charge in [0.2, 0.25) is 5.95 Å². The van der Waals surface area contributed by atoms with E-state index in [1.807, 2.05) is 6.07 Å². The molecule has 6 heteroatoms. The smallest absolute Gasteiger partial charge is 0.248 e. The zero-order chi connectivity index (χ0) is 13.3. The van der Waals surface area contributed by atoms with Crippen LogP contribution in [0.5, 0.6) is 5.75 Å². The Bertz CT molecular complexity index is 668. The molecule has 1 N–H and O–H groups in total. The molecule has 0 aliphatic heterocycles. The molecule has 2 rings (SSSR count). The lowest BCUT2D eigenvalue weighted by atomic mass is 10.0. The van der Waals surface area contributed by atoms with Crippen LogP contribution < -0.4 is 0 Å². The molecule has 1 heterocycles. The van der Waals surface area contributed by atoms with Crippen LogP contribution in [0.4, 0.5) is 8.78 Å². The van der Waals surface area contributed by atoms with E-state index in [-0.39, 0.29) is 22.4 Å². The van der Waals surface area contributed by atoms with Crippen LogP contribution in [0.25, 0.3) is 11.1 Å². The second-order valence-electron chi connectivity index (χ2n) is 3.46. The molecule has 0 atom stereocenters. The van der Waals surface area contributed by atoms with Crippen molar-refractivity contribution in [3.63, 3.8) is 0 Å². The molecule has 0 saturated heterocycles. The zero-order valence-corrected chi connectivity index (χ0v) is 10.4. The lowest BCUT2D eigenvalue weighted by Gasteiger charge is -2.07. The van der Waals surface area contributed by atoms with Crippen molar-refractivity contribution in [3.8, 4) is 22.9 Å². The average molecular weight is 311 g/mol. The summed E-state index contributed by atoms with van der Waals surface area (Å²) in [6, 6.07) is 5.60. The summed E-state index contributed by atoms with van der Waals surface area (Å²) in [7, 11) is 0. The standard InChI is InChI=1S/C12H5BrF2N2O/c13-9-2-6(4-16)1-8(11(9)18)7-3-10(14)12(15)17-5-7/h1-3,5,18H. The number of nitriles is 1. The Morgan fingerprint density at radius 2 is 2.00 bits per heavy atom. The highest BCUT2D eigenvalue weighted by Crippen LogP contribution is 2.36. The van der Waals surface area contributed by atoms with E-state index in [1.165, 1.54) is 12.1 Å². The molecule has 0 amide bonds. The van der Waals surface area contributed by atoms with Crippen molar-refractivity contribution in [1.29, 1.82) is 5.26 Å². The number of benzene rings is 1. The van der Waals surface area contributed by atoms with E-state index in [0.717, 1.165) is 12.3 Å². The molecule has 0 radical (unpaired) electrons. The Morgan fingerprint density at radius 1 is 1.28 bits per heavy atom. The predicted octanol–water partition coefficient (Wildman–Crippen LogP) is 3.37. The van der Waals surface area contributed by atoms with Gasteiger partial charge in [-0.3, -0.25) is 0 Å². The van der Waals surface area contributed by atoms with E-state index in [1.54, 1.807) is 0 Å². The molecular weight excluding hydrogens is 306 g/mol. The maximum absolute atomic E-state index is 13.1. The van der Waals surface area contributed by atoms with Crippen LogP contribution in [0.15, 0.2) is 28.9 Å². The SMILES string of the molecule is N#Cc1cc(Br)c(O)c(-c2cnc(F)c(F)c2)c1. The van der Waals surface area contributed by atoms with Gasteiger partial charge in [-0.15, -0.1) is 0 Å². The second kappa shape index (κ2) is 4.70. The second-order valence-corrected chi connectivity index (χ2v) is 4.32. The van der Waals surface area contributed by atoms with E-state index >= 15 is 0 Å². The third-order valence-corrected chi connectivity index (χ3v) is 2.90. The fraction of sp³-hybridized carbons (Fsp3) is 0. The predicted molar refractivity (Wildman–Crippen MR) is 63.7 cm³/mol. The lowest BCUT2D eigenvalue weighted by Crippen LogP contribution is -1.91. The largest absolute Gasteiger partial charge is 0.506 e. The number of phenolic OH excluding ortho intramolecular Hbond substituents is 1. The molecule has 3 nitrogen and oxygen atoms in total.